The van der Waals surface area contributed by atoms with Crippen molar-refractivity contribution in [2.75, 3.05) is 27.3 Å². The lowest BCUT2D eigenvalue weighted by molar-refractivity contribution is 0.351. The van der Waals surface area contributed by atoms with Crippen LogP contribution in [0.1, 0.15) is 24.3 Å². The standard InChI is InChI=1S/C19H23NO3/c1-21-18-8-7-15(13-19(18)22-2)23-17-6-4-3-5-16(17)14-9-11-20-12-10-14/h3-8,13-14,20H,9-12H2,1-2H3. The lowest BCUT2D eigenvalue weighted by Crippen LogP contribution is -2.26. The highest BCUT2D eigenvalue weighted by Crippen LogP contribution is 2.37. The third-order valence-corrected chi connectivity index (χ3v) is 4.28. The van der Waals surface area contributed by atoms with Crippen LogP contribution in [0.4, 0.5) is 0 Å². The summed E-state index contributed by atoms with van der Waals surface area (Å²) in [4.78, 5) is 0. The molecular formula is C19H23NO3. The largest absolute Gasteiger partial charge is 0.493 e. The van der Waals surface area contributed by atoms with E-state index in [1.54, 1.807) is 14.2 Å². The second-order valence-electron chi connectivity index (χ2n) is 5.68. The number of ether oxygens (including phenoxy) is 3. The summed E-state index contributed by atoms with van der Waals surface area (Å²) in [5.74, 6) is 3.60. The fourth-order valence-corrected chi connectivity index (χ4v) is 3.05. The maximum absolute atomic E-state index is 6.15. The number of nitrogens with one attached hydrogen (secondary N) is 1. The molecular weight excluding hydrogens is 290 g/mol. The molecule has 0 aliphatic carbocycles. The van der Waals surface area contributed by atoms with E-state index >= 15 is 0 Å². The highest BCUT2D eigenvalue weighted by molar-refractivity contribution is 5.48. The lowest BCUT2D eigenvalue weighted by atomic mass is 9.89. The zero-order valence-corrected chi connectivity index (χ0v) is 13.7. The van der Waals surface area contributed by atoms with E-state index in [1.807, 2.05) is 30.3 Å². The first kappa shape index (κ1) is 15.7. The van der Waals surface area contributed by atoms with Gasteiger partial charge in [0.25, 0.3) is 0 Å². The van der Waals surface area contributed by atoms with Gasteiger partial charge in [0.15, 0.2) is 11.5 Å². The highest BCUT2D eigenvalue weighted by atomic mass is 16.5. The monoisotopic (exact) mass is 313 g/mol. The Morgan fingerprint density at radius 3 is 2.35 bits per heavy atom. The van der Waals surface area contributed by atoms with Gasteiger partial charge in [-0.3, -0.25) is 0 Å². The normalized spacial score (nSPS) is 15.2. The molecule has 122 valence electrons. The van der Waals surface area contributed by atoms with Gasteiger partial charge in [0, 0.05) is 6.07 Å². The second-order valence-corrected chi connectivity index (χ2v) is 5.68. The van der Waals surface area contributed by atoms with Gasteiger partial charge >= 0.3 is 0 Å². The van der Waals surface area contributed by atoms with Crippen molar-refractivity contribution in [2.45, 2.75) is 18.8 Å². The summed E-state index contributed by atoms with van der Waals surface area (Å²) in [6, 6.07) is 13.9. The number of rotatable bonds is 5. The number of para-hydroxylation sites is 1. The Morgan fingerprint density at radius 1 is 0.870 bits per heavy atom. The summed E-state index contributed by atoms with van der Waals surface area (Å²) in [7, 11) is 3.26. The van der Waals surface area contributed by atoms with Crippen molar-refractivity contribution in [2.24, 2.45) is 0 Å². The quantitative estimate of drug-likeness (QED) is 0.907. The summed E-state index contributed by atoms with van der Waals surface area (Å²) in [6.07, 6.45) is 2.29. The molecule has 0 spiro atoms. The van der Waals surface area contributed by atoms with E-state index in [-0.39, 0.29) is 0 Å². The second kappa shape index (κ2) is 7.38. The number of methoxy groups -OCH3 is 2. The van der Waals surface area contributed by atoms with Crippen LogP contribution in [0.25, 0.3) is 0 Å². The Morgan fingerprint density at radius 2 is 1.61 bits per heavy atom. The van der Waals surface area contributed by atoms with Crippen molar-refractivity contribution < 1.29 is 14.2 Å². The van der Waals surface area contributed by atoms with Gasteiger partial charge in [0.2, 0.25) is 0 Å². The van der Waals surface area contributed by atoms with Crippen LogP contribution in [-0.4, -0.2) is 27.3 Å². The smallest absolute Gasteiger partial charge is 0.164 e. The summed E-state index contributed by atoms with van der Waals surface area (Å²) in [5, 5.41) is 3.41. The SMILES string of the molecule is COc1ccc(Oc2ccccc2C2CCNCC2)cc1OC. The number of hydrogen-bond donors (Lipinski definition) is 1. The number of piperidine rings is 1. The molecule has 3 rings (SSSR count). The first-order valence-corrected chi connectivity index (χ1v) is 8.01. The van der Waals surface area contributed by atoms with Gasteiger partial charge in [0.05, 0.1) is 14.2 Å². The predicted molar refractivity (Wildman–Crippen MR) is 90.9 cm³/mol. The Labute approximate surface area is 137 Å². The maximum Gasteiger partial charge on any atom is 0.164 e. The van der Waals surface area contributed by atoms with Gasteiger partial charge in [-0.05, 0) is 55.6 Å². The molecule has 0 amide bonds. The van der Waals surface area contributed by atoms with Crippen LogP contribution in [0, 0.1) is 0 Å². The van der Waals surface area contributed by atoms with E-state index in [1.165, 1.54) is 5.56 Å². The molecule has 0 unspecified atom stereocenters. The molecule has 4 heteroatoms. The van der Waals surface area contributed by atoms with Gasteiger partial charge in [0.1, 0.15) is 11.5 Å². The van der Waals surface area contributed by atoms with Crippen LogP contribution in [0.15, 0.2) is 42.5 Å². The average molecular weight is 313 g/mol. The molecule has 2 aromatic rings. The number of hydrogen-bond acceptors (Lipinski definition) is 4. The van der Waals surface area contributed by atoms with Crippen molar-refractivity contribution >= 4 is 0 Å². The third kappa shape index (κ3) is 3.59. The molecule has 1 heterocycles. The topological polar surface area (TPSA) is 39.7 Å². The first-order valence-electron chi connectivity index (χ1n) is 8.01. The minimum atomic E-state index is 0.549. The van der Waals surface area contributed by atoms with Gasteiger partial charge in [-0.15, -0.1) is 0 Å². The van der Waals surface area contributed by atoms with E-state index < -0.39 is 0 Å². The van der Waals surface area contributed by atoms with Gasteiger partial charge in [-0.2, -0.15) is 0 Å². The fraction of sp³-hybridized carbons (Fsp3) is 0.368. The summed E-state index contributed by atoms with van der Waals surface area (Å²) in [6.45, 7) is 2.13. The summed E-state index contributed by atoms with van der Waals surface area (Å²) in [5.41, 5.74) is 1.28. The summed E-state index contributed by atoms with van der Waals surface area (Å²) >= 11 is 0. The molecule has 4 nitrogen and oxygen atoms in total. The number of benzene rings is 2. The van der Waals surface area contributed by atoms with E-state index in [4.69, 9.17) is 14.2 Å². The maximum atomic E-state index is 6.15. The Balaban J connectivity index is 1.85. The minimum Gasteiger partial charge on any atom is -0.493 e. The molecule has 1 N–H and O–H groups in total. The Hall–Kier alpha value is -2.20. The van der Waals surface area contributed by atoms with Gasteiger partial charge in [-0.25, -0.2) is 0 Å². The fourth-order valence-electron chi connectivity index (χ4n) is 3.05. The first-order chi connectivity index (χ1) is 11.3. The Bertz CT molecular complexity index is 651. The molecule has 2 aromatic carbocycles. The highest BCUT2D eigenvalue weighted by Gasteiger charge is 2.19. The molecule has 23 heavy (non-hydrogen) atoms. The van der Waals surface area contributed by atoms with Crippen molar-refractivity contribution in [1.82, 2.24) is 5.32 Å². The van der Waals surface area contributed by atoms with Crippen molar-refractivity contribution in [3.05, 3.63) is 48.0 Å². The Kier molecular flexibility index (Phi) is 5.03. The van der Waals surface area contributed by atoms with Crippen LogP contribution in [-0.2, 0) is 0 Å². The molecule has 0 atom stereocenters. The molecule has 0 aromatic heterocycles. The van der Waals surface area contributed by atoms with Crippen molar-refractivity contribution in [3.63, 3.8) is 0 Å². The van der Waals surface area contributed by atoms with Gasteiger partial charge in [-0.1, -0.05) is 18.2 Å². The lowest BCUT2D eigenvalue weighted by Gasteiger charge is -2.25. The molecule has 1 aliphatic heterocycles. The van der Waals surface area contributed by atoms with Crippen LogP contribution in [0.2, 0.25) is 0 Å². The van der Waals surface area contributed by atoms with Crippen LogP contribution in [0.3, 0.4) is 0 Å². The van der Waals surface area contributed by atoms with Crippen LogP contribution in [0.5, 0.6) is 23.0 Å². The molecule has 0 bridgehead atoms. The van der Waals surface area contributed by atoms with E-state index in [2.05, 4.69) is 17.4 Å². The van der Waals surface area contributed by atoms with Crippen LogP contribution < -0.4 is 19.5 Å². The van der Waals surface area contributed by atoms with Crippen molar-refractivity contribution in [1.29, 1.82) is 0 Å². The van der Waals surface area contributed by atoms with Crippen LogP contribution >= 0.6 is 0 Å². The van der Waals surface area contributed by atoms with E-state index in [0.29, 0.717) is 17.4 Å². The molecule has 1 saturated heterocycles. The van der Waals surface area contributed by atoms with Crippen molar-refractivity contribution in [3.8, 4) is 23.0 Å². The zero-order chi connectivity index (χ0) is 16.1. The zero-order valence-electron chi connectivity index (χ0n) is 13.7. The van der Waals surface area contributed by atoms with Gasteiger partial charge < -0.3 is 19.5 Å². The molecule has 0 radical (unpaired) electrons. The predicted octanol–water partition coefficient (Wildman–Crippen LogP) is 3.96. The third-order valence-electron chi connectivity index (χ3n) is 4.28. The molecule has 0 saturated carbocycles. The minimum absolute atomic E-state index is 0.549. The molecule has 1 aliphatic rings. The van der Waals surface area contributed by atoms with E-state index in [9.17, 15) is 0 Å². The summed E-state index contributed by atoms with van der Waals surface area (Å²) < 4.78 is 16.8. The molecule has 1 fully saturated rings. The van der Waals surface area contributed by atoms with E-state index in [0.717, 1.165) is 37.4 Å². The average Bonchev–Trinajstić information content (AvgIpc) is 2.63.